The van der Waals surface area contributed by atoms with Gasteiger partial charge in [-0.2, -0.15) is 0 Å². The maximum atomic E-state index is 6.63. The van der Waals surface area contributed by atoms with E-state index in [1.165, 1.54) is 51.5 Å². The Morgan fingerprint density at radius 2 is 1.71 bits per heavy atom. The predicted molar refractivity (Wildman–Crippen MR) is 69.4 cm³/mol. The zero-order valence-corrected chi connectivity index (χ0v) is 11.1. The second-order valence-electron chi connectivity index (χ2n) is 6.51. The Bertz CT molecular complexity index is 268. The van der Waals surface area contributed by atoms with Crippen LogP contribution in [0.25, 0.3) is 0 Å². The molecule has 3 fully saturated rings. The standard InChI is InChI=1S/C14H27N3/c1-17-9-5-4-7-11-13(15)10-6-2-3-8-12(10)16-14(11)17/h10-14,16H,2-9,15H2,1H3/p+1. The van der Waals surface area contributed by atoms with Crippen LogP contribution in [0.15, 0.2) is 0 Å². The van der Waals surface area contributed by atoms with Crippen LogP contribution in [0.2, 0.25) is 0 Å². The van der Waals surface area contributed by atoms with Gasteiger partial charge in [0.25, 0.3) is 0 Å². The van der Waals surface area contributed by atoms with Gasteiger partial charge in [0.15, 0.2) is 0 Å². The van der Waals surface area contributed by atoms with Crippen LogP contribution in [-0.2, 0) is 0 Å². The summed E-state index contributed by atoms with van der Waals surface area (Å²) in [5, 5.41) is 2.68. The van der Waals surface area contributed by atoms with E-state index in [-0.39, 0.29) is 0 Å². The lowest BCUT2D eigenvalue weighted by atomic mass is 9.70. The van der Waals surface area contributed by atoms with Gasteiger partial charge >= 0.3 is 0 Å². The fourth-order valence-corrected chi connectivity index (χ4v) is 4.57. The third-order valence-corrected chi connectivity index (χ3v) is 5.55. The number of piperidine rings is 1. The minimum absolute atomic E-state index is 0.468. The smallest absolute Gasteiger partial charge is 0.146 e. The first kappa shape index (κ1) is 11.9. The van der Waals surface area contributed by atoms with Gasteiger partial charge in [-0.15, -0.1) is 0 Å². The number of quaternary nitrogens is 1. The van der Waals surface area contributed by atoms with Crippen LogP contribution >= 0.6 is 0 Å². The van der Waals surface area contributed by atoms with Crippen molar-refractivity contribution in [2.75, 3.05) is 13.6 Å². The molecular weight excluding hydrogens is 210 g/mol. The second-order valence-corrected chi connectivity index (χ2v) is 6.51. The molecule has 1 aliphatic carbocycles. The fourth-order valence-electron chi connectivity index (χ4n) is 4.57. The quantitative estimate of drug-likeness (QED) is 0.646. The summed E-state index contributed by atoms with van der Waals surface area (Å²) in [5.41, 5.74) is 6.63. The molecule has 3 aliphatic rings. The average molecular weight is 238 g/mol. The molecule has 2 aliphatic heterocycles. The van der Waals surface area contributed by atoms with Crippen LogP contribution in [-0.4, -0.2) is 36.7 Å². The molecular formula is C14H28N3+. The van der Waals surface area contributed by atoms with Gasteiger partial charge < -0.3 is 11.1 Å². The number of nitrogens with zero attached hydrogens (tertiary/aromatic N) is 1. The molecule has 3 nitrogen and oxygen atoms in total. The van der Waals surface area contributed by atoms with Gasteiger partial charge in [0, 0.05) is 24.4 Å². The molecule has 0 aromatic rings. The maximum absolute atomic E-state index is 6.63. The van der Waals surface area contributed by atoms with Crippen molar-refractivity contribution in [2.45, 2.75) is 63.2 Å². The van der Waals surface area contributed by atoms with Crippen LogP contribution in [0.3, 0.4) is 0 Å². The summed E-state index contributed by atoms with van der Waals surface area (Å²) in [6.45, 7) is 1.27. The lowest BCUT2D eigenvalue weighted by Gasteiger charge is -2.47. The Labute approximate surface area is 105 Å². The number of nitrogens with two attached hydrogens (primary N) is 2. The monoisotopic (exact) mass is 238 g/mol. The van der Waals surface area contributed by atoms with Gasteiger partial charge in [-0.3, -0.25) is 4.90 Å². The molecule has 3 heteroatoms. The summed E-state index contributed by atoms with van der Waals surface area (Å²) in [7, 11) is 2.30. The summed E-state index contributed by atoms with van der Waals surface area (Å²) in [4.78, 5) is 2.57. The van der Waals surface area contributed by atoms with E-state index in [0.717, 1.165) is 17.9 Å². The molecule has 0 spiro atoms. The normalized spacial score (nSPS) is 48.0. The molecule has 4 N–H and O–H groups in total. The van der Waals surface area contributed by atoms with Crippen molar-refractivity contribution in [3.63, 3.8) is 0 Å². The molecule has 2 saturated heterocycles. The molecule has 5 unspecified atom stereocenters. The predicted octanol–water partition coefficient (Wildman–Crippen LogP) is 0.508. The van der Waals surface area contributed by atoms with Crippen molar-refractivity contribution in [1.29, 1.82) is 0 Å². The van der Waals surface area contributed by atoms with Gasteiger partial charge in [-0.1, -0.05) is 12.8 Å². The number of rotatable bonds is 0. The molecule has 2 heterocycles. The lowest BCUT2D eigenvalue weighted by Crippen LogP contribution is -3.03. The van der Waals surface area contributed by atoms with E-state index < -0.39 is 0 Å². The van der Waals surface area contributed by atoms with E-state index in [1.807, 2.05) is 0 Å². The summed E-state index contributed by atoms with van der Waals surface area (Å²) < 4.78 is 0. The largest absolute Gasteiger partial charge is 0.328 e. The second kappa shape index (κ2) is 4.87. The van der Waals surface area contributed by atoms with Gasteiger partial charge in [-0.05, 0) is 39.2 Å². The molecule has 0 aromatic heterocycles. The fraction of sp³-hybridized carbons (Fsp3) is 1.00. The van der Waals surface area contributed by atoms with Crippen molar-refractivity contribution in [3.05, 3.63) is 0 Å². The van der Waals surface area contributed by atoms with E-state index >= 15 is 0 Å². The summed E-state index contributed by atoms with van der Waals surface area (Å²) >= 11 is 0. The summed E-state index contributed by atoms with van der Waals surface area (Å²) in [5.74, 6) is 1.54. The zero-order chi connectivity index (χ0) is 11.8. The van der Waals surface area contributed by atoms with E-state index in [2.05, 4.69) is 17.3 Å². The molecule has 98 valence electrons. The third-order valence-electron chi connectivity index (χ3n) is 5.55. The summed E-state index contributed by atoms with van der Waals surface area (Å²) in [6.07, 6.45) is 10.4. The highest BCUT2D eigenvalue weighted by Crippen LogP contribution is 2.34. The van der Waals surface area contributed by atoms with Crippen molar-refractivity contribution in [2.24, 2.45) is 17.6 Å². The summed E-state index contributed by atoms with van der Waals surface area (Å²) in [6, 6.07) is 1.29. The first-order valence-electron chi connectivity index (χ1n) is 7.58. The van der Waals surface area contributed by atoms with Crippen LogP contribution < -0.4 is 11.1 Å². The Morgan fingerprint density at radius 3 is 2.59 bits per heavy atom. The van der Waals surface area contributed by atoms with E-state index in [1.54, 1.807) is 0 Å². The first-order chi connectivity index (χ1) is 8.27. The van der Waals surface area contributed by atoms with Crippen molar-refractivity contribution < 1.29 is 5.32 Å². The highest BCUT2D eigenvalue weighted by molar-refractivity contribution is 4.93. The number of likely N-dealkylation sites (tertiary alicyclic amines) is 1. The topological polar surface area (TPSA) is 45.9 Å². The molecule has 17 heavy (non-hydrogen) atoms. The highest BCUT2D eigenvalue weighted by Gasteiger charge is 2.48. The number of hydrogen-bond donors (Lipinski definition) is 2. The average Bonchev–Trinajstić information content (AvgIpc) is 2.53. The molecule has 0 radical (unpaired) electrons. The molecule has 0 aromatic carbocycles. The van der Waals surface area contributed by atoms with E-state index in [0.29, 0.717) is 12.2 Å². The Balaban J connectivity index is 1.80. The first-order valence-corrected chi connectivity index (χ1v) is 7.58. The van der Waals surface area contributed by atoms with Gasteiger partial charge in [0.05, 0.1) is 6.04 Å². The minimum Gasteiger partial charge on any atom is -0.328 e. The number of fused-ring (bicyclic) bond motifs is 2. The zero-order valence-electron chi connectivity index (χ0n) is 11.1. The van der Waals surface area contributed by atoms with Gasteiger partial charge in [0.2, 0.25) is 0 Å². The Hall–Kier alpha value is -0.120. The van der Waals surface area contributed by atoms with Crippen LogP contribution in [0, 0.1) is 11.8 Å². The van der Waals surface area contributed by atoms with Crippen molar-refractivity contribution in [3.8, 4) is 0 Å². The molecule has 0 bridgehead atoms. The SMILES string of the molecule is CN1CCCCC2C(N)C3CCCCC3[NH2+]C21. The Morgan fingerprint density at radius 1 is 1.00 bits per heavy atom. The van der Waals surface area contributed by atoms with Crippen molar-refractivity contribution >= 4 is 0 Å². The van der Waals surface area contributed by atoms with E-state index in [4.69, 9.17) is 5.73 Å². The van der Waals surface area contributed by atoms with Crippen molar-refractivity contribution in [1.82, 2.24) is 4.90 Å². The van der Waals surface area contributed by atoms with E-state index in [9.17, 15) is 0 Å². The maximum Gasteiger partial charge on any atom is 0.146 e. The molecule has 3 rings (SSSR count). The van der Waals surface area contributed by atoms with Gasteiger partial charge in [-0.25, -0.2) is 0 Å². The lowest BCUT2D eigenvalue weighted by molar-refractivity contribution is -0.763. The van der Waals surface area contributed by atoms with Crippen LogP contribution in [0.4, 0.5) is 0 Å². The molecule has 5 atom stereocenters. The Kier molecular flexibility index (Phi) is 3.42. The molecule has 1 saturated carbocycles. The highest BCUT2D eigenvalue weighted by atomic mass is 15.3. The van der Waals surface area contributed by atoms with Crippen LogP contribution in [0.5, 0.6) is 0 Å². The van der Waals surface area contributed by atoms with Gasteiger partial charge in [0.1, 0.15) is 6.17 Å². The van der Waals surface area contributed by atoms with Crippen LogP contribution in [0.1, 0.15) is 44.9 Å². The molecule has 0 amide bonds. The minimum atomic E-state index is 0.468. The third kappa shape index (κ3) is 2.13. The number of hydrogen-bond acceptors (Lipinski definition) is 2.